The predicted octanol–water partition coefficient (Wildman–Crippen LogP) is 4.68. The van der Waals surface area contributed by atoms with Crippen molar-refractivity contribution in [1.29, 1.82) is 0 Å². The van der Waals surface area contributed by atoms with E-state index in [0.717, 1.165) is 36.0 Å². The lowest BCUT2D eigenvalue weighted by Crippen LogP contribution is -2.20. The minimum atomic E-state index is -0.733. The van der Waals surface area contributed by atoms with Gasteiger partial charge in [-0.1, -0.05) is 30.3 Å². The molecule has 2 aromatic carbocycles. The molecule has 1 heterocycles. The van der Waals surface area contributed by atoms with E-state index in [9.17, 15) is 9.59 Å². The van der Waals surface area contributed by atoms with Crippen LogP contribution in [0, 0.1) is 12.8 Å². The van der Waals surface area contributed by atoms with Crippen molar-refractivity contribution in [3.63, 3.8) is 0 Å². The van der Waals surface area contributed by atoms with E-state index >= 15 is 0 Å². The molecule has 0 spiro atoms. The highest BCUT2D eigenvalue weighted by atomic mass is 16.4. The highest BCUT2D eigenvalue weighted by Gasteiger charge is 2.21. The maximum absolute atomic E-state index is 12.2. The number of aryl methyl sites for hydroxylation is 2. The molecule has 0 aliphatic heterocycles. The fourth-order valence-corrected chi connectivity index (χ4v) is 3.96. The molecule has 3 aromatic rings. The van der Waals surface area contributed by atoms with Crippen LogP contribution in [0.4, 0.5) is 16.4 Å². The maximum Gasteiger partial charge on any atom is 0.326 e. The number of nitrogens with zero attached hydrogens (tertiary/aromatic N) is 2. The number of carbonyl (C=O) groups is 2. The molecule has 1 atom stereocenters. The maximum atomic E-state index is 12.2. The molecule has 0 radical (unpaired) electrons. The van der Waals surface area contributed by atoms with Crippen LogP contribution in [-0.4, -0.2) is 27.1 Å². The lowest BCUT2D eigenvalue weighted by atomic mass is 9.81. The van der Waals surface area contributed by atoms with E-state index in [1.807, 2.05) is 37.3 Å². The third-order valence-corrected chi connectivity index (χ3v) is 5.49. The number of rotatable bonds is 5. The summed E-state index contributed by atoms with van der Waals surface area (Å²) in [6.45, 7) is 1.96. The first kappa shape index (κ1) is 20.5. The Labute approximate surface area is 180 Å². The number of amides is 2. The van der Waals surface area contributed by atoms with Gasteiger partial charge < -0.3 is 10.4 Å². The van der Waals surface area contributed by atoms with Crippen molar-refractivity contribution < 1.29 is 14.7 Å². The normalized spacial score (nSPS) is 15.1. The molecule has 3 N–H and O–H groups in total. The zero-order valence-electron chi connectivity index (χ0n) is 17.3. The van der Waals surface area contributed by atoms with Crippen LogP contribution in [0.1, 0.15) is 29.5 Å². The molecule has 158 valence electrons. The molecular weight excluding hydrogens is 392 g/mol. The van der Waals surface area contributed by atoms with E-state index in [1.165, 1.54) is 11.1 Å². The van der Waals surface area contributed by atoms with Crippen LogP contribution in [0.25, 0.3) is 11.1 Å². The summed E-state index contributed by atoms with van der Waals surface area (Å²) in [6.07, 6.45) is 6.16. The van der Waals surface area contributed by atoms with Crippen molar-refractivity contribution in [3.05, 3.63) is 71.5 Å². The number of nitrogens with one attached hydrogen (secondary N) is 2. The Morgan fingerprint density at radius 1 is 1.03 bits per heavy atom. The monoisotopic (exact) mass is 416 g/mol. The van der Waals surface area contributed by atoms with Gasteiger partial charge in [-0.2, -0.15) is 0 Å². The standard InChI is InChI=1S/C24H24N4O3/c1-15-3-2-4-21(9-15)27-24(31)28-23-25-13-20(14-26-23)19-8-7-17-10-16(11-22(29)30)5-6-18(17)12-19/h2-4,7-9,12-14,16H,5-6,10-11H2,1H3,(H,29,30)(H2,25,26,27,28,31). The number of hydrogen-bond acceptors (Lipinski definition) is 4. The predicted molar refractivity (Wildman–Crippen MR) is 119 cm³/mol. The summed E-state index contributed by atoms with van der Waals surface area (Å²) in [4.78, 5) is 31.7. The molecule has 7 nitrogen and oxygen atoms in total. The van der Waals surface area contributed by atoms with E-state index < -0.39 is 12.0 Å². The first-order valence-corrected chi connectivity index (χ1v) is 10.3. The van der Waals surface area contributed by atoms with E-state index in [0.29, 0.717) is 5.69 Å². The average Bonchev–Trinajstić information content (AvgIpc) is 2.73. The lowest BCUT2D eigenvalue weighted by molar-refractivity contribution is -0.138. The van der Waals surface area contributed by atoms with E-state index in [4.69, 9.17) is 5.11 Å². The fraction of sp³-hybridized carbons (Fsp3) is 0.250. The third kappa shape index (κ3) is 5.25. The van der Waals surface area contributed by atoms with Gasteiger partial charge in [-0.25, -0.2) is 14.8 Å². The van der Waals surface area contributed by atoms with Gasteiger partial charge in [-0.15, -0.1) is 0 Å². The number of carboxylic acids is 1. The molecule has 31 heavy (non-hydrogen) atoms. The van der Waals surface area contributed by atoms with E-state index in [2.05, 4.69) is 32.7 Å². The van der Waals surface area contributed by atoms with Gasteiger partial charge in [-0.3, -0.25) is 10.1 Å². The number of benzene rings is 2. The number of aromatic nitrogens is 2. The van der Waals surface area contributed by atoms with Crippen LogP contribution in [0.2, 0.25) is 0 Å². The largest absolute Gasteiger partial charge is 0.481 e. The van der Waals surface area contributed by atoms with Crippen LogP contribution in [0.3, 0.4) is 0 Å². The number of hydrogen-bond donors (Lipinski definition) is 3. The lowest BCUT2D eigenvalue weighted by Gasteiger charge is -2.24. The second-order valence-electron chi connectivity index (χ2n) is 7.93. The minimum Gasteiger partial charge on any atom is -0.481 e. The summed E-state index contributed by atoms with van der Waals surface area (Å²) in [5.74, 6) is -0.303. The molecule has 0 fully saturated rings. The summed E-state index contributed by atoms with van der Waals surface area (Å²) in [6, 6.07) is 13.3. The van der Waals surface area contributed by atoms with Gasteiger partial charge >= 0.3 is 12.0 Å². The van der Waals surface area contributed by atoms with E-state index in [-0.39, 0.29) is 18.3 Å². The molecule has 1 aliphatic rings. The van der Waals surface area contributed by atoms with Crippen molar-refractivity contribution in [2.24, 2.45) is 5.92 Å². The molecule has 1 aliphatic carbocycles. The topological polar surface area (TPSA) is 104 Å². The molecule has 2 amide bonds. The Bertz CT molecular complexity index is 1110. The molecular formula is C24H24N4O3. The van der Waals surface area contributed by atoms with Gasteiger partial charge in [0.25, 0.3) is 0 Å². The number of anilines is 2. The third-order valence-electron chi connectivity index (χ3n) is 5.49. The van der Waals surface area contributed by atoms with E-state index in [1.54, 1.807) is 12.4 Å². The Kier molecular flexibility index (Phi) is 5.93. The Morgan fingerprint density at radius 3 is 2.58 bits per heavy atom. The molecule has 1 unspecified atom stereocenters. The second-order valence-corrected chi connectivity index (χ2v) is 7.93. The van der Waals surface area contributed by atoms with Crippen LogP contribution >= 0.6 is 0 Å². The zero-order valence-corrected chi connectivity index (χ0v) is 17.3. The first-order valence-electron chi connectivity index (χ1n) is 10.3. The van der Waals surface area contributed by atoms with Crippen LogP contribution in [0.15, 0.2) is 54.9 Å². The summed E-state index contributed by atoms with van der Waals surface area (Å²) >= 11 is 0. The van der Waals surface area contributed by atoms with Crippen molar-refractivity contribution in [1.82, 2.24) is 9.97 Å². The minimum absolute atomic E-state index is 0.204. The number of urea groups is 1. The highest BCUT2D eigenvalue weighted by molar-refractivity contribution is 5.98. The number of carbonyl (C=O) groups excluding carboxylic acids is 1. The first-order chi connectivity index (χ1) is 15.0. The van der Waals surface area contributed by atoms with Gasteiger partial charge in [0, 0.05) is 30.1 Å². The summed E-state index contributed by atoms with van der Waals surface area (Å²) in [5.41, 5.74) is 6.09. The Morgan fingerprint density at radius 2 is 1.84 bits per heavy atom. The van der Waals surface area contributed by atoms with Gasteiger partial charge in [0.1, 0.15) is 0 Å². The molecule has 0 saturated heterocycles. The molecule has 0 bridgehead atoms. The number of fused-ring (bicyclic) bond motifs is 1. The summed E-state index contributed by atoms with van der Waals surface area (Å²) < 4.78 is 0. The quantitative estimate of drug-likeness (QED) is 0.560. The van der Waals surface area contributed by atoms with Gasteiger partial charge in [0.05, 0.1) is 0 Å². The second kappa shape index (κ2) is 8.95. The van der Waals surface area contributed by atoms with Gasteiger partial charge in [0.2, 0.25) is 5.95 Å². The molecule has 0 saturated carbocycles. The highest BCUT2D eigenvalue weighted by Crippen LogP contribution is 2.31. The van der Waals surface area contributed by atoms with Gasteiger partial charge in [0.15, 0.2) is 0 Å². The zero-order chi connectivity index (χ0) is 21.8. The Hall–Kier alpha value is -3.74. The Balaban J connectivity index is 1.40. The average molecular weight is 416 g/mol. The van der Waals surface area contributed by atoms with Crippen LogP contribution in [-0.2, 0) is 17.6 Å². The fourth-order valence-electron chi connectivity index (χ4n) is 3.96. The summed E-state index contributed by atoms with van der Waals surface area (Å²) in [7, 11) is 0. The SMILES string of the molecule is Cc1cccc(NC(=O)Nc2ncc(-c3ccc4c(c3)CCC(CC(=O)O)C4)cn2)c1. The molecule has 7 heteroatoms. The van der Waals surface area contributed by atoms with Gasteiger partial charge in [-0.05, 0) is 66.5 Å². The van der Waals surface area contributed by atoms with Crippen molar-refractivity contribution >= 4 is 23.6 Å². The van der Waals surface area contributed by atoms with Crippen molar-refractivity contribution in [2.75, 3.05) is 10.6 Å². The number of carboxylic acid groups (broad SMARTS) is 1. The summed E-state index contributed by atoms with van der Waals surface area (Å²) in [5, 5.41) is 14.4. The smallest absolute Gasteiger partial charge is 0.326 e. The van der Waals surface area contributed by atoms with Crippen molar-refractivity contribution in [2.45, 2.75) is 32.6 Å². The molecule has 4 rings (SSSR count). The van der Waals surface area contributed by atoms with Crippen LogP contribution in [0.5, 0.6) is 0 Å². The molecule has 1 aromatic heterocycles. The van der Waals surface area contributed by atoms with Crippen LogP contribution < -0.4 is 10.6 Å². The van der Waals surface area contributed by atoms with Crippen molar-refractivity contribution in [3.8, 4) is 11.1 Å². The number of aliphatic carboxylic acids is 1.